The van der Waals surface area contributed by atoms with Gasteiger partial charge in [-0.2, -0.15) is 0 Å². The van der Waals surface area contributed by atoms with Gasteiger partial charge >= 0.3 is 0 Å². The molecule has 1 aromatic heterocycles. The summed E-state index contributed by atoms with van der Waals surface area (Å²) in [6.07, 6.45) is 2.81. The number of nitrogens with zero attached hydrogens (tertiary/aromatic N) is 1. The van der Waals surface area contributed by atoms with Crippen molar-refractivity contribution in [3.63, 3.8) is 0 Å². The molecular weight excluding hydrogens is 330 g/mol. The van der Waals surface area contributed by atoms with Crippen LogP contribution in [0.5, 0.6) is 0 Å². The number of aromatic nitrogens is 1. The third-order valence-corrected chi connectivity index (χ3v) is 4.19. The summed E-state index contributed by atoms with van der Waals surface area (Å²) in [5.74, 6) is 0. The van der Waals surface area contributed by atoms with Gasteiger partial charge in [0.2, 0.25) is 0 Å². The number of nitrogens with one attached hydrogen (secondary N) is 1. The molecule has 2 aromatic rings. The molecule has 1 heterocycles. The minimum absolute atomic E-state index is 0.0972. The fourth-order valence-electron chi connectivity index (χ4n) is 1.52. The van der Waals surface area contributed by atoms with Crippen LogP contribution in [0.1, 0.15) is 5.56 Å². The van der Waals surface area contributed by atoms with Crippen LogP contribution in [0.2, 0.25) is 0 Å². The summed E-state index contributed by atoms with van der Waals surface area (Å²) in [5, 5.41) is 0. The highest BCUT2D eigenvalue weighted by atomic mass is 79.9. The van der Waals surface area contributed by atoms with Gasteiger partial charge in [-0.15, -0.1) is 0 Å². The quantitative estimate of drug-likeness (QED) is 0.891. The van der Waals surface area contributed by atoms with E-state index in [1.165, 1.54) is 18.5 Å². The van der Waals surface area contributed by atoms with Crippen LogP contribution >= 0.6 is 15.9 Å². The van der Waals surface area contributed by atoms with Gasteiger partial charge in [-0.3, -0.25) is 9.71 Å². The predicted molar refractivity (Wildman–Crippen MR) is 77.1 cm³/mol. The average molecular weight is 342 g/mol. The summed E-state index contributed by atoms with van der Waals surface area (Å²) < 4.78 is 27.4. The number of rotatable bonds is 4. The van der Waals surface area contributed by atoms with Crippen LogP contribution in [0.15, 0.2) is 52.1 Å². The number of hydrogen-bond acceptors (Lipinski definition) is 4. The molecule has 0 aliphatic heterocycles. The summed E-state index contributed by atoms with van der Waals surface area (Å²) >= 11 is 3.19. The van der Waals surface area contributed by atoms with E-state index in [-0.39, 0.29) is 4.90 Å². The summed E-state index contributed by atoms with van der Waals surface area (Å²) in [4.78, 5) is 3.94. The van der Waals surface area contributed by atoms with Crippen molar-refractivity contribution >= 4 is 31.6 Å². The lowest BCUT2D eigenvalue weighted by atomic mass is 10.2. The van der Waals surface area contributed by atoms with Crippen LogP contribution in [-0.2, 0) is 16.6 Å². The Morgan fingerprint density at radius 1 is 1.26 bits per heavy atom. The van der Waals surface area contributed by atoms with Gasteiger partial charge in [0.15, 0.2) is 0 Å². The van der Waals surface area contributed by atoms with E-state index in [1.54, 1.807) is 18.2 Å². The Kier molecular flexibility index (Phi) is 4.18. The second-order valence-electron chi connectivity index (χ2n) is 3.85. The Morgan fingerprint density at radius 2 is 2.05 bits per heavy atom. The summed E-state index contributed by atoms with van der Waals surface area (Å²) in [5.41, 5.74) is 6.85. The van der Waals surface area contributed by atoms with Crippen LogP contribution in [0.3, 0.4) is 0 Å². The molecule has 0 aliphatic carbocycles. The van der Waals surface area contributed by atoms with Crippen molar-refractivity contribution in [2.24, 2.45) is 5.73 Å². The zero-order chi connectivity index (χ0) is 13.9. The first-order valence-corrected chi connectivity index (χ1v) is 7.71. The minimum Gasteiger partial charge on any atom is -0.326 e. The molecule has 0 bridgehead atoms. The maximum absolute atomic E-state index is 12.2. The standard InChI is InChI=1S/C12H12BrN3O2S/c13-10-5-12(8-15-7-10)19(17,18)16-11-3-1-2-9(4-11)6-14/h1-5,7-8,16H,6,14H2. The lowest BCUT2D eigenvalue weighted by molar-refractivity contribution is 0.600. The molecule has 0 spiro atoms. The average Bonchev–Trinajstić information content (AvgIpc) is 2.38. The van der Waals surface area contributed by atoms with Crippen molar-refractivity contribution in [3.8, 4) is 0 Å². The molecule has 5 nitrogen and oxygen atoms in total. The second kappa shape index (κ2) is 5.68. The molecule has 0 saturated heterocycles. The Labute approximate surface area is 120 Å². The van der Waals surface area contributed by atoms with E-state index in [0.717, 1.165) is 5.56 Å². The zero-order valence-electron chi connectivity index (χ0n) is 9.88. The van der Waals surface area contributed by atoms with E-state index in [4.69, 9.17) is 5.73 Å². The zero-order valence-corrected chi connectivity index (χ0v) is 12.3. The van der Waals surface area contributed by atoms with E-state index in [9.17, 15) is 8.42 Å². The molecule has 0 saturated carbocycles. The molecule has 3 N–H and O–H groups in total. The first-order valence-electron chi connectivity index (χ1n) is 5.43. The highest BCUT2D eigenvalue weighted by Crippen LogP contribution is 2.19. The van der Waals surface area contributed by atoms with Gasteiger partial charge in [0.25, 0.3) is 10.0 Å². The smallest absolute Gasteiger partial charge is 0.263 e. The van der Waals surface area contributed by atoms with Gasteiger partial charge in [0.1, 0.15) is 4.90 Å². The number of anilines is 1. The Morgan fingerprint density at radius 3 is 2.74 bits per heavy atom. The lowest BCUT2D eigenvalue weighted by Crippen LogP contribution is -2.13. The number of sulfonamides is 1. The largest absolute Gasteiger partial charge is 0.326 e. The van der Waals surface area contributed by atoms with Crippen molar-refractivity contribution in [3.05, 3.63) is 52.8 Å². The second-order valence-corrected chi connectivity index (χ2v) is 6.45. The maximum atomic E-state index is 12.2. The van der Waals surface area contributed by atoms with Gasteiger partial charge in [-0.25, -0.2) is 8.42 Å². The van der Waals surface area contributed by atoms with Crippen LogP contribution in [-0.4, -0.2) is 13.4 Å². The lowest BCUT2D eigenvalue weighted by Gasteiger charge is -2.09. The van der Waals surface area contributed by atoms with Crippen molar-refractivity contribution in [1.29, 1.82) is 0 Å². The molecule has 0 aliphatic rings. The molecule has 1 aromatic carbocycles. The number of halogens is 1. The van der Waals surface area contributed by atoms with E-state index in [0.29, 0.717) is 16.7 Å². The molecule has 0 atom stereocenters. The topological polar surface area (TPSA) is 85.1 Å². The molecule has 0 radical (unpaired) electrons. The van der Waals surface area contributed by atoms with Gasteiger partial charge in [-0.05, 0) is 39.7 Å². The van der Waals surface area contributed by atoms with E-state index in [1.807, 2.05) is 6.07 Å². The van der Waals surface area contributed by atoms with Gasteiger partial charge < -0.3 is 5.73 Å². The fraction of sp³-hybridized carbons (Fsp3) is 0.0833. The molecule has 7 heteroatoms. The molecule has 0 fully saturated rings. The highest BCUT2D eigenvalue weighted by Gasteiger charge is 2.15. The molecule has 2 rings (SSSR count). The molecule has 0 amide bonds. The monoisotopic (exact) mass is 341 g/mol. The SMILES string of the molecule is NCc1cccc(NS(=O)(=O)c2cncc(Br)c2)c1. The minimum atomic E-state index is -3.64. The highest BCUT2D eigenvalue weighted by molar-refractivity contribution is 9.10. The van der Waals surface area contributed by atoms with Gasteiger partial charge in [-0.1, -0.05) is 12.1 Å². The summed E-state index contributed by atoms with van der Waals surface area (Å²) in [7, 11) is -3.64. The normalized spacial score (nSPS) is 11.3. The summed E-state index contributed by atoms with van der Waals surface area (Å²) in [6.45, 7) is 0.355. The van der Waals surface area contributed by atoms with Crippen molar-refractivity contribution < 1.29 is 8.42 Å². The summed E-state index contributed by atoms with van der Waals surface area (Å²) in [6, 6.07) is 8.44. The molecular formula is C12H12BrN3O2S. The van der Waals surface area contributed by atoms with Crippen molar-refractivity contribution in [2.45, 2.75) is 11.4 Å². The van der Waals surface area contributed by atoms with E-state index >= 15 is 0 Å². The maximum Gasteiger partial charge on any atom is 0.263 e. The Balaban J connectivity index is 2.31. The van der Waals surface area contributed by atoms with Crippen molar-refractivity contribution in [2.75, 3.05) is 4.72 Å². The third-order valence-electron chi connectivity index (χ3n) is 2.40. The van der Waals surface area contributed by atoms with E-state index in [2.05, 4.69) is 25.6 Å². The number of hydrogen-bond donors (Lipinski definition) is 2. The van der Waals surface area contributed by atoms with Crippen LogP contribution in [0.25, 0.3) is 0 Å². The van der Waals surface area contributed by atoms with Crippen LogP contribution in [0, 0.1) is 0 Å². The number of pyridine rings is 1. The first-order chi connectivity index (χ1) is 9.01. The Bertz CT molecular complexity index is 689. The van der Waals surface area contributed by atoms with Crippen LogP contribution < -0.4 is 10.5 Å². The van der Waals surface area contributed by atoms with Gasteiger partial charge in [0.05, 0.1) is 0 Å². The first kappa shape index (κ1) is 14.0. The number of nitrogens with two attached hydrogens (primary N) is 1. The molecule has 0 unspecified atom stereocenters. The van der Waals surface area contributed by atoms with Gasteiger partial charge in [0, 0.05) is 29.1 Å². The predicted octanol–water partition coefficient (Wildman–Crippen LogP) is 2.10. The molecule has 100 valence electrons. The van der Waals surface area contributed by atoms with Crippen LogP contribution in [0.4, 0.5) is 5.69 Å². The number of benzene rings is 1. The third kappa shape index (κ3) is 3.52. The van der Waals surface area contributed by atoms with E-state index < -0.39 is 10.0 Å². The molecule has 19 heavy (non-hydrogen) atoms. The fourth-order valence-corrected chi connectivity index (χ4v) is 3.07. The Hall–Kier alpha value is -1.44. The van der Waals surface area contributed by atoms with Crippen molar-refractivity contribution in [1.82, 2.24) is 4.98 Å².